The Kier molecular flexibility index (Phi) is 3.66. The van der Waals surface area contributed by atoms with Crippen molar-refractivity contribution in [1.29, 1.82) is 0 Å². The fourth-order valence-electron chi connectivity index (χ4n) is 1.42. The van der Waals surface area contributed by atoms with Gasteiger partial charge in [0.25, 0.3) is 0 Å². The number of ether oxygens (including phenoxy) is 1. The van der Waals surface area contributed by atoms with E-state index in [4.69, 9.17) is 4.74 Å². The summed E-state index contributed by atoms with van der Waals surface area (Å²) < 4.78 is 6.60. The molecule has 0 N–H and O–H groups in total. The first-order valence-corrected chi connectivity index (χ1v) is 4.95. The molecular formula is C11H15NO3. The van der Waals surface area contributed by atoms with E-state index in [-0.39, 0.29) is 6.04 Å². The third-order valence-corrected chi connectivity index (χ3v) is 2.12. The molecule has 0 bridgehead atoms. The lowest BCUT2D eigenvalue weighted by Crippen LogP contribution is -2.10. The van der Waals surface area contributed by atoms with Crippen LogP contribution in [0, 0.1) is 0 Å². The summed E-state index contributed by atoms with van der Waals surface area (Å²) in [5.41, 5.74) is 0.712. The molecule has 0 unspecified atom stereocenters. The molecule has 1 heterocycles. The molecule has 0 aliphatic heterocycles. The normalized spacial score (nSPS) is 10.4. The maximum atomic E-state index is 11.5. The summed E-state index contributed by atoms with van der Waals surface area (Å²) in [5, 5.41) is 0. The second-order valence-electron chi connectivity index (χ2n) is 3.45. The highest BCUT2D eigenvalue weighted by Crippen LogP contribution is 2.15. The van der Waals surface area contributed by atoms with Crippen molar-refractivity contribution in [1.82, 2.24) is 4.57 Å². The smallest absolute Gasteiger partial charge is 0.340 e. The summed E-state index contributed by atoms with van der Waals surface area (Å²) in [5.74, 6) is -0.445. The quantitative estimate of drug-likeness (QED) is 0.563. The number of hydrogen-bond acceptors (Lipinski definition) is 3. The Hall–Kier alpha value is -1.58. The van der Waals surface area contributed by atoms with Crippen LogP contribution in [0.25, 0.3) is 0 Å². The van der Waals surface area contributed by atoms with E-state index in [0.29, 0.717) is 24.2 Å². The van der Waals surface area contributed by atoms with E-state index in [0.717, 1.165) is 0 Å². The Bertz CT molecular complexity index is 366. The van der Waals surface area contributed by atoms with Crippen LogP contribution < -0.4 is 0 Å². The monoisotopic (exact) mass is 209 g/mol. The highest BCUT2D eigenvalue weighted by Gasteiger charge is 2.17. The predicted molar refractivity (Wildman–Crippen MR) is 56.2 cm³/mol. The van der Waals surface area contributed by atoms with Crippen LogP contribution in [-0.2, 0) is 4.74 Å². The largest absolute Gasteiger partial charge is 0.462 e. The van der Waals surface area contributed by atoms with Crippen LogP contribution in [0.5, 0.6) is 0 Å². The lowest BCUT2D eigenvalue weighted by molar-refractivity contribution is 0.0524. The van der Waals surface area contributed by atoms with E-state index in [1.54, 1.807) is 23.8 Å². The summed E-state index contributed by atoms with van der Waals surface area (Å²) in [6.07, 6.45) is 2.41. The molecule has 0 radical (unpaired) electrons. The van der Waals surface area contributed by atoms with Gasteiger partial charge in [0.15, 0.2) is 6.29 Å². The van der Waals surface area contributed by atoms with Crippen molar-refractivity contribution >= 4 is 12.3 Å². The van der Waals surface area contributed by atoms with Gasteiger partial charge in [-0.25, -0.2) is 4.79 Å². The minimum atomic E-state index is -0.445. The number of carbonyl (C=O) groups is 2. The van der Waals surface area contributed by atoms with Gasteiger partial charge >= 0.3 is 5.97 Å². The molecule has 0 atom stereocenters. The van der Waals surface area contributed by atoms with Crippen molar-refractivity contribution in [3.63, 3.8) is 0 Å². The Morgan fingerprint density at radius 3 is 2.73 bits per heavy atom. The maximum Gasteiger partial charge on any atom is 0.340 e. The van der Waals surface area contributed by atoms with Gasteiger partial charge < -0.3 is 9.30 Å². The Morgan fingerprint density at radius 2 is 2.27 bits per heavy atom. The van der Waals surface area contributed by atoms with Crippen molar-refractivity contribution in [2.45, 2.75) is 26.8 Å². The second kappa shape index (κ2) is 4.77. The van der Waals surface area contributed by atoms with Crippen molar-refractivity contribution in [2.24, 2.45) is 0 Å². The molecule has 4 nitrogen and oxygen atoms in total. The van der Waals surface area contributed by atoms with Gasteiger partial charge in [-0.3, -0.25) is 4.79 Å². The zero-order valence-corrected chi connectivity index (χ0v) is 9.19. The second-order valence-corrected chi connectivity index (χ2v) is 3.45. The topological polar surface area (TPSA) is 48.3 Å². The number of aromatic nitrogens is 1. The van der Waals surface area contributed by atoms with Crippen molar-refractivity contribution < 1.29 is 14.3 Å². The molecule has 82 valence electrons. The van der Waals surface area contributed by atoms with Crippen molar-refractivity contribution in [3.8, 4) is 0 Å². The molecule has 0 amide bonds. The third-order valence-electron chi connectivity index (χ3n) is 2.12. The van der Waals surface area contributed by atoms with E-state index in [1.165, 1.54) is 0 Å². The third kappa shape index (κ3) is 2.26. The van der Waals surface area contributed by atoms with Crippen LogP contribution in [0.15, 0.2) is 12.3 Å². The van der Waals surface area contributed by atoms with Crippen LogP contribution in [0.1, 0.15) is 47.7 Å². The van der Waals surface area contributed by atoms with Gasteiger partial charge in [-0.1, -0.05) is 0 Å². The molecule has 0 aliphatic carbocycles. The lowest BCUT2D eigenvalue weighted by atomic mass is 10.2. The summed E-state index contributed by atoms with van der Waals surface area (Å²) in [6.45, 7) is 5.94. The Morgan fingerprint density at radius 1 is 1.60 bits per heavy atom. The highest BCUT2D eigenvalue weighted by atomic mass is 16.5. The van der Waals surface area contributed by atoms with E-state index in [2.05, 4.69) is 0 Å². The average Bonchev–Trinajstić information content (AvgIpc) is 2.61. The SMILES string of the molecule is CCOC(=O)c1ccn(C(C)C)c1C=O. The Balaban J connectivity index is 3.09. The molecule has 0 aliphatic rings. The maximum absolute atomic E-state index is 11.5. The first kappa shape index (κ1) is 11.5. The summed E-state index contributed by atoms with van der Waals surface area (Å²) in [4.78, 5) is 22.4. The fraction of sp³-hybridized carbons (Fsp3) is 0.455. The zero-order chi connectivity index (χ0) is 11.4. The molecule has 1 rings (SSSR count). The van der Waals surface area contributed by atoms with Gasteiger partial charge in [-0.15, -0.1) is 0 Å². The van der Waals surface area contributed by atoms with E-state index in [9.17, 15) is 9.59 Å². The summed E-state index contributed by atoms with van der Waals surface area (Å²) in [7, 11) is 0. The first-order valence-electron chi connectivity index (χ1n) is 4.95. The van der Waals surface area contributed by atoms with Gasteiger partial charge in [0.2, 0.25) is 0 Å². The molecule has 1 aromatic heterocycles. The molecular weight excluding hydrogens is 194 g/mol. The zero-order valence-electron chi connectivity index (χ0n) is 9.19. The van der Waals surface area contributed by atoms with E-state index >= 15 is 0 Å². The molecule has 4 heteroatoms. The number of rotatable bonds is 4. The van der Waals surface area contributed by atoms with E-state index < -0.39 is 5.97 Å². The Labute approximate surface area is 88.8 Å². The lowest BCUT2D eigenvalue weighted by Gasteiger charge is -2.09. The molecule has 0 aromatic carbocycles. The van der Waals surface area contributed by atoms with Gasteiger partial charge in [0.05, 0.1) is 17.9 Å². The van der Waals surface area contributed by atoms with Crippen LogP contribution in [-0.4, -0.2) is 23.4 Å². The van der Waals surface area contributed by atoms with Gasteiger partial charge in [0.1, 0.15) is 0 Å². The molecule has 0 fully saturated rings. The average molecular weight is 209 g/mol. The van der Waals surface area contributed by atoms with Crippen molar-refractivity contribution in [3.05, 3.63) is 23.5 Å². The van der Waals surface area contributed by atoms with Crippen molar-refractivity contribution in [2.75, 3.05) is 6.61 Å². The number of esters is 1. The van der Waals surface area contributed by atoms with Crippen LogP contribution in [0.4, 0.5) is 0 Å². The molecule has 0 saturated heterocycles. The summed E-state index contributed by atoms with van der Waals surface area (Å²) in [6, 6.07) is 1.76. The van der Waals surface area contributed by atoms with E-state index in [1.807, 2.05) is 13.8 Å². The highest BCUT2D eigenvalue weighted by molar-refractivity contribution is 5.97. The molecule has 0 saturated carbocycles. The summed E-state index contributed by atoms with van der Waals surface area (Å²) >= 11 is 0. The first-order chi connectivity index (χ1) is 7.11. The minimum Gasteiger partial charge on any atom is -0.462 e. The van der Waals surface area contributed by atoms with Crippen LogP contribution >= 0.6 is 0 Å². The molecule has 1 aromatic rings. The molecule has 0 spiro atoms. The predicted octanol–water partition coefficient (Wildman–Crippen LogP) is 2.06. The van der Waals surface area contributed by atoms with Crippen LogP contribution in [0.2, 0.25) is 0 Å². The number of carbonyl (C=O) groups excluding carboxylic acids is 2. The number of hydrogen-bond donors (Lipinski definition) is 0. The van der Waals surface area contributed by atoms with Gasteiger partial charge in [-0.05, 0) is 26.8 Å². The number of aldehydes is 1. The van der Waals surface area contributed by atoms with Crippen LogP contribution in [0.3, 0.4) is 0 Å². The van der Waals surface area contributed by atoms with Gasteiger partial charge in [0, 0.05) is 12.2 Å². The number of nitrogens with zero attached hydrogens (tertiary/aromatic N) is 1. The minimum absolute atomic E-state index is 0.147. The standard InChI is InChI=1S/C11H15NO3/c1-4-15-11(14)9-5-6-12(8(2)3)10(9)7-13/h5-8H,4H2,1-3H3. The van der Waals surface area contributed by atoms with Gasteiger partial charge in [-0.2, -0.15) is 0 Å². The fourth-order valence-corrected chi connectivity index (χ4v) is 1.42. The molecule has 15 heavy (non-hydrogen) atoms.